The Morgan fingerprint density at radius 1 is 1.56 bits per heavy atom. The zero-order chi connectivity index (χ0) is 6.74. The van der Waals surface area contributed by atoms with Crippen LogP contribution in [0.15, 0.2) is 0 Å². The molecule has 0 aliphatic heterocycles. The van der Waals surface area contributed by atoms with E-state index >= 15 is 0 Å². The third kappa shape index (κ3) is 1.45. The van der Waals surface area contributed by atoms with Gasteiger partial charge in [-0.3, -0.25) is 0 Å². The van der Waals surface area contributed by atoms with E-state index in [0.29, 0.717) is 5.41 Å². The minimum Gasteiger partial charge on any atom is -0.198 e. The molecule has 1 saturated carbocycles. The van der Waals surface area contributed by atoms with Crippen LogP contribution in [0.1, 0.15) is 39.0 Å². The van der Waals surface area contributed by atoms with Crippen LogP contribution in [0.5, 0.6) is 0 Å². The fraction of sp³-hybridized carbons (Fsp3) is 0.875. The van der Waals surface area contributed by atoms with E-state index in [-0.39, 0.29) is 0 Å². The van der Waals surface area contributed by atoms with Gasteiger partial charge in [-0.25, -0.2) is 0 Å². The second-order valence-corrected chi connectivity index (χ2v) is 3.08. The molecule has 0 atom stereocenters. The lowest BCUT2D eigenvalue weighted by Gasteiger charge is -2.06. The molecule has 9 heavy (non-hydrogen) atoms. The van der Waals surface area contributed by atoms with Crippen LogP contribution in [0.2, 0.25) is 0 Å². The molecule has 0 aromatic rings. The Morgan fingerprint density at radius 2 is 2.22 bits per heavy atom. The highest BCUT2D eigenvalue weighted by atomic mass is 14.5. The van der Waals surface area contributed by atoms with Crippen molar-refractivity contribution in [1.82, 2.24) is 0 Å². The molecule has 0 bridgehead atoms. The maximum Gasteiger partial charge on any atom is 0.0627 e. The summed E-state index contributed by atoms with van der Waals surface area (Å²) in [6, 6.07) is 2.26. The average molecular weight is 123 g/mol. The van der Waals surface area contributed by atoms with E-state index in [1.165, 1.54) is 25.7 Å². The first kappa shape index (κ1) is 6.61. The maximum atomic E-state index is 8.42. The van der Waals surface area contributed by atoms with Crippen molar-refractivity contribution in [2.45, 2.75) is 39.0 Å². The Bertz CT molecular complexity index is 128. The number of rotatable bonds is 3. The quantitative estimate of drug-likeness (QED) is 0.565. The SMILES string of the molecule is CCCC1(CC#N)CC1. The molecule has 0 amide bonds. The van der Waals surface area contributed by atoms with Gasteiger partial charge in [-0.15, -0.1) is 0 Å². The van der Waals surface area contributed by atoms with Gasteiger partial charge in [0.2, 0.25) is 0 Å². The average Bonchev–Trinajstić information content (AvgIpc) is 2.51. The summed E-state index contributed by atoms with van der Waals surface area (Å²) >= 11 is 0. The highest BCUT2D eigenvalue weighted by molar-refractivity contribution is 4.98. The van der Waals surface area contributed by atoms with Crippen molar-refractivity contribution < 1.29 is 0 Å². The molecule has 1 nitrogen and oxygen atoms in total. The molecule has 50 valence electrons. The predicted molar refractivity (Wildman–Crippen MR) is 36.8 cm³/mol. The van der Waals surface area contributed by atoms with Crippen LogP contribution in [-0.2, 0) is 0 Å². The highest BCUT2D eigenvalue weighted by Gasteiger charge is 2.40. The van der Waals surface area contributed by atoms with Crippen LogP contribution in [0.4, 0.5) is 0 Å². The molecule has 0 radical (unpaired) electrons. The van der Waals surface area contributed by atoms with Gasteiger partial charge in [0.25, 0.3) is 0 Å². The van der Waals surface area contributed by atoms with Gasteiger partial charge in [0, 0.05) is 6.42 Å². The minimum atomic E-state index is 0.490. The Labute approximate surface area is 56.7 Å². The largest absolute Gasteiger partial charge is 0.198 e. The third-order valence-electron chi connectivity index (χ3n) is 2.19. The molecule has 0 saturated heterocycles. The van der Waals surface area contributed by atoms with Crippen molar-refractivity contribution in [2.75, 3.05) is 0 Å². The number of hydrogen-bond donors (Lipinski definition) is 0. The van der Waals surface area contributed by atoms with E-state index in [4.69, 9.17) is 5.26 Å². The minimum absolute atomic E-state index is 0.490. The van der Waals surface area contributed by atoms with E-state index in [0.717, 1.165) is 6.42 Å². The normalized spacial score (nSPS) is 20.9. The van der Waals surface area contributed by atoms with Crippen LogP contribution in [-0.4, -0.2) is 0 Å². The maximum absolute atomic E-state index is 8.42. The standard InChI is InChI=1S/C8H13N/c1-2-3-8(4-5-8)6-7-9/h2-6H2,1H3. The van der Waals surface area contributed by atoms with Gasteiger partial charge in [-0.05, 0) is 24.7 Å². The van der Waals surface area contributed by atoms with E-state index in [2.05, 4.69) is 13.0 Å². The lowest BCUT2D eigenvalue weighted by molar-refractivity contribution is 0.470. The van der Waals surface area contributed by atoms with E-state index in [1.807, 2.05) is 0 Å². The van der Waals surface area contributed by atoms with E-state index in [1.54, 1.807) is 0 Å². The molecule has 1 heteroatoms. The molecule has 1 aliphatic rings. The molecule has 0 aromatic carbocycles. The Balaban J connectivity index is 2.27. The van der Waals surface area contributed by atoms with Gasteiger partial charge < -0.3 is 0 Å². The van der Waals surface area contributed by atoms with Gasteiger partial charge in [0.15, 0.2) is 0 Å². The van der Waals surface area contributed by atoms with Crippen molar-refractivity contribution in [1.29, 1.82) is 5.26 Å². The zero-order valence-corrected chi connectivity index (χ0v) is 5.98. The molecule has 0 heterocycles. The van der Waals surface area contributed by atoms with Crippen molar-refractivity contribution >= 4 is 0 Å². The molecular weight excluding hydrogens is 110 g/mol. The molecule has 0 aromatic heterocycles. The van der Waals surface area contributed by atoms with Crippen LogP contribution in [0, 0.1) is 16.7 Å². The molecular formula is C8H13N. The van der Waals surface area contributed by atoms with Gasteiger partial charge in [0.1, 0.15) is 0 Å². The van der Waals surface area contributed by atoms with Crippen LogP contribution >= 0.6 is 0 Å². The van der Waals surface area contributed by atoms with Gasteiger partial charge in [-0.2, -0.15) is 5.26 Å². The summed E-state index contributed by atoms with van der Waals surface area (Å²) in [6.07, 6.45) is 5.89. The Hall–Kier alpha value is -0.510. The summed E-state index contributed by atoms with van der Waals surface area (Å²) in [5.41, 5.74) is 0.490. The summed E-state index contributed by atoms with van der Waals surface area (Å²) in [4.78, 5) is 0. The predicted octanol–water partition coefficient (Wildman–Crippen LogP) is 2.48. The molecule has 0 unspecified atom stereocenters. The van der Waals surface area contributed by atoms with Gasteiger partial charge >= 0.3 is 0 Å². The van der Waals surface area contributed by atoms with Crippen LogP contribution in [0.25, 0.3) is 0 Å². The van der Waals surface area contributed by atoms with Gasteiger partial charge in [-0.1, -0.05) is 13.3 Å². The number of nitriles is 1. The summed E-state index contributed by atoms with van der Waals surface area (Å²) in [5, 5.41) is 8.42. The molecule has 1 aliphatic carbocycles. The first-order valence-electron chi connectivity index (χ1n) is 3.70. The number of nitrogens with zero attached hydrogens (tertiary/aromatic N) is 1. The van der Waals surface area contributed by atoms with Crippen molar-refractivity contribution in [3.05, 3.63) is 0 Å². The highest BCUT2D eigenvalue weighted by Crippen LogP contribution is 2.52. The van der Waals surface area contributed by atoms with Crippen LogP contribution in [0.3, 0.4) is 0 Å². The molecule has 1 fully saturated rings. The Morgan fingerprint density at radius 3 is 2.56 bits per heavy atom. The summed E-state index contributed by atoms with van der Waals surface area (Å²) < 4.78 is 0. The first-order valence-corrected chi connectivity index (χ1v) is 3.70. The molecule has 1 rings (SSSR count). The third-order valence-corrected chi connectivity index (χ3v) is 2.19. The summed E-state index contributed by atoms with van der Waals surface area (Å²) in [7, 11) is 0. The zero-order valence-electron chi connectivity index (χ0n) is 5.98. The van der Waals surface area contributed by atoms with Crippen LogP contribution < -0.4 is 0 Å². The fourth-order valence-corrected chi connectivity index (χ4v) is 1.39. The van der Waals surface area contributed by atoms with Crippen molar-refractivity contribution in [3.63, 3.8) is 0 Å². The number of hydrogen-bond acceptors (Lipinski definition) is 1. The second kappa shape index (κ2) is 2.39. The lowest BCUT2D eigenvalue weighted by atomic mass is 9.98. The van der Waals surface area contributed by atoms with Crippen molar-refractivity contribution in [2.24, 2.45) is 5.41 Å². The second-order valence-electron chi connectivity index (χ2n) is 3.08. The Kier molecular flexibility index (Phi) is 1.75. The van der Waals surface area contributed by atoms with Gasteiger partial charge in [0.05, 0.1) is 6.07 Å². The fourth-order valence-electron chi connectivity index (χ4n) is 1.39. The van der Waals surface area contributed by atoms with E-state index in [9.17, 15) is 0 Å². The van der Waals surface area contributed by atoms with E-state index < -0.39 is 0 Å². The molecule has 0 N–H and O–H groups in total. The monoisotopic (exact) mass is 123 g/mol. The molecule has 0 spiro atoms. The topological polar surface area (TPSA) is 23.8 Å². The smallest absolute Gasteiger partial charge is 0.0627 e. The summed E-state index contributed by atoms with van der Waals surface area (Å²) in [5.74, 6) is 0. The summed E-state index contributed by atoms with van der Waals surface area (Å²) in [6.45, 7) is 2.19. The van der Waals surface area contributed by atoms with Crippen molar-refractivity contribution in [3.8, 4) is 6.07 Å². The lowest BCUT2D eigenvalue weighted by Crippen LogP contribution is -1.96. The first-order chi connectivity index (χ1) is 4.33.